The zero-order valence-corrected chi connectivity index (χ0v) is 21.5. The molecule has 3 aromatic rings. The van der Waals surface area contributed by atoms with Crippen molar-refractivity contribution in [2.45, 2.75) is 19.3 Å². The van der Waals surface area contributed by atoms with Crippen LogP contribution >= 0.6 is 11.3 Å². The number of nitrogens with two attached hydrogens (primary N) is 1. The molecule has 2 aliphatic rings. The molecule has 1 spiro atoms. The number of thiazole rings is 1. The fraction of sp³-hybridized carbons (Fsp3) is 0.286. The molecular formula is C28H29N5O3S. The van der Waals surface area contributed by atoms with E-state index >= 15 is 0 Å². The average Bonchev–Trinajstić information content (AvgIpc) is 3.56. The van der Waals surface area contributed by atoms with Gasteiger partial charge in [-0.2, -0.15) is 0 Å². The number of nitrogens with zero attached hydrogens (tertiary/aromatic N) is 3. The number of hydrogen-bond donors (Lipinski definition) is 2. The summed E-state index contributed by atoms with van der Waals surface area (Å²) in [5, 5.41) is 10.2. The van der Waals surface area contributed by atoms with E-state index < -0.39 is 5.41 Å². The van der Waals surface area contributed by atoms with E-state index in [2.05, 4.69) is 4.98 Å². The van der Waals surface area contributed by atoms with Gasteiger partial charge in [0.2, 0.25) is 5.91 Å². The highest BCUT2D eigenvalue weighted by atomic mass is 32.1. The van der Waals surface area contributed by atoms with E-state index in [0.29, 0.717) is 55.1 Å². The first-order valence-electron chi connectivity index (χ1n) is 12.2. The molecule has 0 unspecified atom stereocenters. The van der Waals surface area contributed by atoms with Crippen LogP contribution in [0.1, 0.15) is 35.3 Å². The number of anilines is 1. The van der Waals surface area contributed by atoms with Crippen LogP contribution in [0.25, 0.3) is 16.1 Å². The lowest BCUT2D eigenvalue weighted by Gasteiger charge is -2.37. The van der Waals surface area contributed by atoms with Crippen molar-refractivity contribution in [3.05, 3.63) is 71.4 Å². The third kappa shape index (κ3) is 4.51. The molecule has 0 atom stereocenters. The molecule has 8 nitrogen and oxygen atoms in total. The molecule has 2 saturated heterocycles. The molecule has 2 fully saturated rings. The highest BCUT2D eigenvalue weighted by molar-refractivity contribution is 7.13. The Morgan fingerprint density at radius 1 is 1.14 bits per heavy atom. The van der Waals surface area contributed by atoms with Gasteiger partial charge < -0.3 is 25.7 Å². The Hall–Kier alpha value is -3.98. The van der Waals surface area contributed by atoms with Gasteiger partial charge in [-0.1, -0.05) is 30.3 Å². The Morgan fingerprint density at radius 3 is 2.54 bits per heavy atom. The smallest absolute Gasteiger partial charge is 0.273 e. The molecule has 3 N–H and O–H groups in total. The Bertz CT molecular complexity index is 1360. The molecular weight excluding hydrogens is 486 g/mol. The number of methoxy groups -OCH3 is 1. The molecule has 0 radical (unpaired) electrons. The predicted molar refractivity (Wildman–Crippen MR) is 146 cm³/mol. The van der Waals surface area contributed by atoms with Crippen LogP contribution in [0.3, 0.4) is 0 Å². The largest absolute Gasteiger partial charge is 0.496 e. The number of benzene rings is 2. The maximum atomic E-state index is 13.6. The Kier molecular flexibility index (Phi) is 6.80. The second-order valence-electron chi connectivity index (χ2n) is 9.33. The third-order valence-electron chi connectivity index (χ3n) is 7.41. The standard InChI is InChI=1S/C28H29N5O3S/c1-36-24-15-21(7-8-22(24)20(16-29)17-30)33-14-11-28(27(33)35)9-12-32(13-10-28)26(34)23-18-37-25(31-23)19-5-3-2-4-6-19/h2-8,15-18,29H,9-14,30H2,1H3/b20-17+,29-16?. The maximum Gasteiger partial charge on any atom is 0.273 e. The Morgan fingerprint density at radius 2 is 1.86 bits per heavy atom. The predicted octanol–water partition coefficient (Wildman–Crippen LogP) is 4.43. The fourth-order valence-corrected chi connectivity index (χ4v) is 6.02. The second kappa shape index (κ2) is 10.2. The van der Waals surface area contributed by atoms with Gasteiger partial charge in [0.1, 0.15) is 16.5 Å². The topological polar surface area (TPSA) is 113 Å². The number of carbonyl (C=O) groups is 2. The summed E-state index contributed by atoms with van der Waals surface area (Å²) in [5.74, 6) is 0.576. The zero-order valence-electron chi connectivity index (χ0n) is 20.6. The van der Waals surface area contributed by atoms with Crippen molar-refractivity contribution in [3.8, 4) is 16.3 Å². The van der Waals surface area contributed by atoms with Crippen molar-refractivity contribution in [1.29, 1.82) is 5.41 Å². The van der Waals surface area contributed by atoms with Gasteiger partial charge in [-0.25, -0.2) is 4.98 Å². The highest BCUT2D eigenvalue weighted by Crippen LogP contribution is 2.44. The van der Waals surface area contributed by atoms with Gasteiger partial charge in [0, 0.05) is 65.9 Å². The van der Waals surface area contributed by atoms with Crippen molar-refractivity contribution in [2.24, 2.45) is 11.1 Å². The van der Waals surface area contributed by atoms with Gasteiger partial charge in [-0.15, -0.1) is 11.3 Å². The van der Waals surface area contributed by atoms with Crippen molar-refractivity contribution in [2.75, 3.05) is 31.6 Å². The maximum absolute atomic E-state index is 13.6. The molecule has 1 aromatic heterocycles. The summed E-state index contributed by atoms with van der Waals surface area (Å²) in [4.78, 5) is 35.0. The quantitative estimate of drug-likeness (QED) is 0.472. The van der Waals surface area contributed by atoms with Gasteiger partial charge in [0.15, 0.2) is 0 Å². The van der Waals surface area contributed by atoms with Crippen LogP contribution in [-0.4, -0.2) is 54.7 Å². The van der Waals surface area contributed by atoms with E-state index in [1.54, 1.807) is 7.11 Å². The van der Waals surface area contributed by atoms with E-state index in [0.717, 1.165) is 22.7 Å². The summed E-state index contributed by atoms with van der Waals surface area (Å²) in [6.45, 7) is 1.68. The van der Waals surface area contributed by atoms with E-state index in [1.807, 2.05) is 63.7 Å². The molecule has 37 heavy (non-hydrogen) atoms. The number of aromatic nitrogens is 1. The molecule has 0 aliphatic carbocycles. The zero-order chi connectivity index (χ0) is 26.0. The van der Waals surface area contributed by atoms with E-state index in [-0.39, 0.29) is 11.8 Å². The lowest BCUT2D eigenvalue weighted by Crippen LogP contribution is -2.46. The minimum Gasteiger partial charge on any atom is -0.496 e. The minimum absolute atomic E-state index is 0.0779. The summed E-state index contributed by atoms with van der Waals surface area (Å²) in [6.07, 6.45) is 4.56. The van der Waals surface area contributed by atoms with Crippen LogP contribution < -0.4 is 15.4 Å². The highest BCUT2D eigenvalue weighted by Gasteiger charge is 2.49. The molecule has 2 aromatic carbocycles. The summed E-state index contributed by atoms with van der Waals surface area (Å²) < 4.78 is 5.53. The number of carbonyl (C=O) groups excluding carboxylic acids is 2. The lowest BCUT2D eigenvalue weighted by molar-refractivity contribution is -0.127. The van der Waals surface area contributed by atoms with Gasteiger partial charge in [-0.3, -0.25) is 9.59 Å². The number of ether oxygens (including phenoxy) is 1. The Balaban J connectivity index is 1.27. The van der Waals surface area contributed by atoms with E-state index in [1.165, 1.54) is 23.8 Å². The normalized spacial score (nSPS) is 17.3. The second-order valence-corrected chi connectivity index (χ2v) is 10.2. The first-order valence-corrected chi connectivity index (χ1v) is 13.1. The van der Waals surface area contributed by atoms with Crippen LogP contribution in [0.5, 0.6) is 5.75 Å². The van der Waals surface area contributed by atoms with Crippen LogP contribution in [0.4, 0.5) is 5.69 Å². The van der Waals surface area contributed by atoms with Crippen molar-refractivity contribution in [3.63, 3.8) is 0 Å². The first-order chi connectivity index (χ1) is 18.0. The SMILES string of the molecule is COc1cc(N2CCC3(CCN(C(=O)c4csc(-c5ccccc5)n4)CC3)C2=O)ccc1/C(C=N)=C/N. The van der Waals surface area contributed by atoms with Gasteiger partial charge in [0.25, 0.3) is 5.91 Å². The minimum atomic E-state index is -0.461. The summed E-state index contributed by atoms with van der Waals surface area (Å²) >= 11 is 1.47. The van der Waals surface area contributed by atoms with E-state index in [4.69, 9.17) is 15.9 Å². The monoisotopic (exact) mass is 515 g/mol. The van der Waals surface area contributed by atoms with Gasteiger partial charge in [-0.05, 0) is 31.4 Å². The van der Waals surface area contributed by atoms with Crippen LogP contribution in [0.2, 0.25) is 0 Å². The molecule has 3 heterocycles. The fourth-order valence-electron chi connectivity index (χ4n) is 5.22. The summed E-state index contributed by atoms with van der Waals surface area (Å²) in [5.41, 5.74) is 8.65. The first kappa shape index (κ1) is 24.7. The summed E-state index contributed by atoms with van der Waals surface area (Å²) in [7, 11) is 1.56. The number of piperidine rings is 1. The summed E-state index contributed by atoms with van der Waals surface area (Å²) in [6, 6.07) is 15.4. The number of rotatable bonds is 6. The number of nitrogens with one attached hydrogen (secondary N) is 1. The van der Waals surface area contributed by atoms with Crippen LogP contribution in [-0.2, 0) is 4.79 Å². The molecule has 9 heteroatoms. The van der Waals surface area contributed by atoms with Gasteiger partial charge in [0.05, 0.1) is 12.5 Å². The number of hydrogen-bond acceptors (Lipinski definition) is 7. The molecule has 5 rings (SSSR count). The number of amides is 2. The molecule has 2 amide bonds. The molecule has 190 valence electrons. The van der Waals surface area contributed by atoms with Crippen LogP contribution in [0, 0.1) is 10.8 Å². The molecule has 0 saturated carbocycles. The van der Waals surface area contributed by atoms with Crippen molar-refractivity contribution in [1.82, 2.24) is 9.88 Å². The van der Waals surface area contributed by atoms with E-state index in [9.17, 15) is 9.59 Å². The van der Waals surface area contributed by atoms with Crippen molar-refractivity contribution >= 4 is 40.6 Å². The van der Waals surface area contributed by atoms with Gasteiger partial charge >= 0.3 is 0 Å². The number of likely N-dealkylation sites (tertiary alicyclic amines) is 1. The van der Waals surface area contributed by atoms with Crippen molar-refractivity contribution < 1.29 is 14.3 Å². The number of allylic oxidation sites excluding steroid dienone is 1. The van der Waals surface area contributed by atoms with Crippen LogP contribution in [0.15, 0.2) is 60.1 Å². The molecule has 0 bridgehead atoms. The lowest BCUT2D eigenvalue weighted by atomic mass is 9.77. The average molecular weight is 516 g/mol. The third-order valence-corrected chi connectivity index (χ3v) is 8.30. The molecule has 2 aliphatic heterocycles. The Labute approximate surface area is 219 Å².